The van der Waals surface area contributed by atoms with Gasteiger partial charge in [0, 0.05) is 26.0 Å². The zero-order valence-electron chi connectivity index (χ0n) is 18.6. The van der Waals surface area contributed by atoms with Gasteiger partial charge in [-0.25, -0.2) is 18.7 Å². The van der Waals surface area contributed by atoms with E-state index in [1.807, 2.05) is 0 Å². The van der Waals surface area contributed by atoms with Crippen LogP contribution in [0.25, 0.3) is 11.1 Å². The number of urea groups is 1. The lowest BCUT2D eigenvalue weighted by molar-refractivity contribution is -0.134. The molecule has 1 aliphatic heterocycles. The van der Waals surface area contributed by atoms with E-state index in [2.05, 4.69) is 9.98 Å². The number of aliphatic imine (C=N–C) groups is 1. The third-order valence-electron chi connectivity index (χ3n) is 5.43. The van der Waals surface area contributed by atoms with Gasteiger partial charge in [0.1, 0.15) is 11.8 Å². The highest BCUT2D eigenvalue weighted by atomic mass is 32.2. The Morgan fingerprint density at radius 1 is 1.14 bits per heavy atom. The predicted molar refractivity (Wildman–Crippen MR) is 118 cm³/mol. The van der Waals surface area contributed by atoms with Crippen molar-refractivity contribution in [2.24, 2.45) is 4.99 Å². The molecule has 0 bridgehead atoms. The molecule has 0 saturated carbocycles. The Hall–Kier alpha value is -3.69. The van der Waals surface area contributed by atoms with Crippen LogP contribution in [0.2, 0.25) is 0 Å². The van der Waals surface area contributed by atoms with Crippen molar-refractivity contribution in [3.05, 3.63) is 48.8 Å². The quantitative estimate of drug-likeness (QED) is 0.394. The molecule has 2 N–H and O–H groups in total. The Balaban J connectivity index is 1.79. The van der Waals surface area contributed by atoms with Crippen molar-refractivity contribution in [1.29, 1.82) is 0 Å². The fourth-order valence-corrected chi connectivity index (χ4v) is 4.79. The highest BCUT2D eigenvalue weighted by Crippen LogP contribution is 2.26. The number of alkyl halides is 3. The van der Waals surface area contributed by atoms with Crippen LogP contribution in [0.15, 0.2) is 58.7 Å². The molecule has 36 heavy (non-hydrogen) atoms. The van der Waals surface area contributed by atoms with E-state index in [1.54, 1.807) is 36.7 Å². The Kier molecular flexibility index (Phi) is 7.86. The molecule has 1 atom stereocenters. The van der Waals surface area contributed by atoms with Gasteiger partial charge in [0.05, 0.1) is 11.3 Å². The number of hydrogen-bond donors (Lipinski definition) is 2. The summed E-state index contributed by atoms with van der Waals surface area (Å²) in [4.78, 5) is 43.3. The molecular weight excluding hydrogens is 507 g/mol. The average molecular weight is 527 g/mol. The minimum Gasteiger partial charge on any atom is -0.289 e. The molecule has 192 valence electrons. The second-order valence-electron chi connectivity index (χ2n) is 7.62. The number of likely N-dealkylation sites (N-methyl/N-ethyl adjacent to an activating group) is 1. The number of nitrogens with zero attached hydrogens (tertiary/aromatic N) is 4. The summed E-state index contributed by atoms with van der Waals surface area (Å²) in [6.45, 7) is -0.620. The molecule has 11 nitrogen and oxygen atoms in total. The van der Waals surface area contributed by atoms with E-state index in [0.29, 0.717) is 14.8 Å². The fraction of sp³-hybridized carbons (Fsp3) is 0.286. The van der Waals surface area contributed by atoms with Crippen LogP contribution in [-0.4, -0.2) is 77.2 Å². The predicted octanol–water partition coefficient (Wildman–Crippen LogP) is 1.99. The SMILES string of the molecule is CN(C(CCN1C(=O)CC(C(F)(F)F)=NC1=O)C(=O)NO)S(=O)(=O)c1ccc(-c2ccncc2)cc1. The van der Waals surface area contributed by atoms with E-state index in [-0.39, 0.29) is 4.90 Å². The maximum Gasteiger partial charge on any atom is 0.430 e. The van der Waals surface area contributed by atoms with Crippen LogP contribution in [0, 0.1) is 0 Å². The second kappa shape index (κ2) is 10.5. The number of pyridine rings is 1. The molecule has 15 heteroatoms. The van der Waals surface area contributed by atoms with Gasteiger partial charge in [-0.1, -0.05) is 12.1 Å². The second-order valence-corrected chi connectivity index (χ2v) is 9.62. The molecular formula is C21H20F3N5O6S. The molecule has 2 aromatic rings. The first-order valence-corrected chi connectivity index (χ1v) is 11.7. The van der Waals surface area contributed by atoms with Crippen LogP contribution in [0.5, 0.6) is 0 Å². The molecule has 1 aromatic heterocycles. The van der Waals surface area contributed by atoms with E-state index in [1.165, 1.54) is 17.6 Å². The molecule has 3 rings (SSSR count). The summed E-state index contributed by atoms with van der Waals surface area (Å²) in [6, 6.07) is 6.04. The highest BCUT2D eigenvalue weighted by molar-refractivity contribution is 7.89. The smallest absolute Gasteiger partial charge is 0.289 e. The summed E-state index contributed by atoms with van der Waals surface area (Å²) >= 11 is 0. The van der Waals surface area contributed by atoms with E-state index in [9.17, 15) is 36.0 Å². The number of rotatable bonds is 8. The number of hydrogen-bond acceptors (Lipinski definition) is 7. The highest BCUT2D eigenvalue weighted by Gasteiger charge is 2.43. The monoisotopic (exact) mass is 527 g/mol. The molecule has 1 unspecified atom stereocenters. The largest absolute Gasteiger partial charge is 0.430 e. The number of benzene rings is 1. The number of hydroxylamine groups is 1. The van der Waals surface area contributed by atoms with Crippen molar-refractivity contribution < 1.29 is 41.2 Å². The topological polar surface area (TPSA) is 149 Å². The zero-order chi connectivity index (χ0) is 26.7. The number of halogens is 3. The Morgan fingerprint density at radius 3 is 2.25 bits per heavy atom. The van der Waals surface area contributed by atoms with E-state index >= 15 is 0 Å². The van der Waals surface area contributed by atoms with Crippen LogP contribution >= 0.6 is 0 Å². The summed E-state index contributed by atoms with van der Waals surface area (Å²) in [6.07, 6.45) is -3.52. The van der Waals surface area contributed by atoms with Gasteiger partial charge in [-0.3, -0.25) is 24.7 Å². The van der Waals surface area contributed by atoms with Crippen molar-refractivity contribution >= 4 is 33.6 Å². The number of amides is 4. The summed E-state index contributed by atoms with van der Waals surface area (Å²) in [7, 11) is -3.27. The first kappa shape index (κ1) is 26.9. The first-order valence-electron chi connectivity index (χ1n) is 10.3. The standard InChI is InChI=1S/C21H20F3N5O6S/c1-28(36(34,35)15-4-2-13(3-5-15)14-6-9-25-10-7-14)16(19(31)27-33)8-11-29-18(30)12-17(21(22,23)24)26-20(29)32/h2-7,9-10,16,33H,8,11-12H2,1H3,(H,27,31). The van der Waals surface area contributed by atoms with Crippen LogP contribution in [0.4, 0.5) is 18.0 Å². The van der Waals surface area contributed by atoms with Gasteiger partial charge >= 0.3 is 12.2 Å². The minimum absolute atomic E-state index is 0.192. The van der Waals surface area contributed by atoms with E-state index in [0.717, 1.165) is 12.6 Å². The molecule has 4 amide bonds. The molecule has 1 aliphatic rings. The number of aromatic nitrogens is 1. The van der Waals surface area contributed by atoms with Crippen molar-refractivity contribution in [3.8, 4) is 11.1 Å². The van der Waals surface area contributed by atoms with Crippen LogP contribution in [-0.2, 0) is 19.6 Å². The van der Waals surface area contributed by atoms with Crippen molar-refractivity contribution in [2.45, 2.75) is 30.0 Å². The molecule has 1 aromatic carbocycles. The maximum absolute atomic E-state index is 13.1. The Labute approximate surface area is 203 Å². The van der Waals surface area contributed by atoms with Crippen LogP contribution < -0.4 is 5.48 Å². The fourth-order valence-electron chi connectivity index (χ4n) is 3.45. The molecule has 2 heterocycles. The Bertz CT molecular complexity index is 1280. The van der Waals surface area contributed by atoms with Gasteiger partial charge in [0.15, 0.2) is 0 Å². The van der Waals surface area contributed by atoms with Gasteiger partial charge in [0.2, 0.25) is 15.9 Å². The number of nitrogens with one attached hydrogen (secondary N) is 1. The summed E-state index contributed by atoms with van der Waals surface area (Å²) in [5.74, 6) is -2.38. The van der Waals surface area contributed by atoms with Gasteiger partial charge in [0.25, 0.3) is 5.91 Å². The summed E-state index contributed by atoms with van der Waals surface area (Å²) in [5, 5.41) is 9.10. The lowest BCUT2D eigenvalue weighted by atomic mass is 10.1. The van der Waals surface area contributed by atoms with Gasteiger partial charge in [-0.15, -0.1) is 0 Å². The summed E-state index contributed by atoms with van der Waals surface area (Å²) in [5.41, 5.74) is 1.26. The molecule has 0 fully saturated rings. The van der Waals surface area contributed by atoms with Crippen molar-refractivity contribution in [2.75, 3.05) is 13.6 Å². The normalized spacial score (nSPS) is 15.6. The lowest BCUT2D eigenvalue weighted by Crippen LogP contribution is -2.50. The van der Waals surface area contributed by atoms with Crippen molar-refractivity contribution in [1.82, 2.24) is 19.7 Å². The number of carbonyl (C=O) groups is 3. The summed E-state index contributed by atoms with van der Waals surface area (Å²) < 4.78 is 65.3. The number of imide groups is 1. The van der Waals surface area contributed by atoms with Gasteiger partial charge < -0.3 is 0 Å². The van der Waals surface area contributed by atoms with Gasteiger partial charge in [-0.05, 0) is 41.8 Å². The first-order chi connectivity index (χ1) is 16.9. The van der Waals surface area contributed by atoms with Crippen molar-refractivity contribution in [3.63, 3.8) is 0 Å². The van der Waals surface area contributed by atoms with Crippen LogP contribution in [0.1, 0.15) is 12.8 Å². The van der Waals surface area contributed by atoms with Crippen LogP contribution in [0.3, 0.4) is 0 Å². The zero-order valence-corrected chi connectivity index (χ0v) is 19.5. The lowest BCUT2D eigenvalue weighted by Gasteiger charge is -2.29. The molecule has 0 radical (unpaired) electrons. The number of carbonyl (C=O) groups excluding carboxylic acids is 3. The maximum atomic E-state index is 13.1. The third-order valence-corrected chi connectivity index (χ3v) is 7.31. The van der Waals surface area contributed by atoms with Gasteiger partial charge in [-0.2, -0.15) is 22.5 Å². The molecule has 0 saturated heterocycles. The average Bonchev–Trinajstić information content (AvgIpc) is 2.85. The Morgan fingerprint density at radius 2 is 1.72 bits per heavy atom. The molecule has 0 spiro atoms. The number of sulfonamides is 1. The third kappa shape index (κ3) is 5.75. The molecule has 0 aliphatic carbocycles. The minimum atomic E-state index is -4.96. The van der Waals surface area contributed by atoms with E-state index in [4.69, 9.17) is 5.21 Å². The van der Waals surface area contributed by atoms with E-state index < -0.39 is 65.2 Å².